The molecule has 1 aromatic carbocycles. The molecule has 0 aromatic heterocycles. The first kappa shape index (κ1) is 13.5. The highest BCUT2D eigenvalue weighted by Crippen LogP contribution is 2.13. The van der Waals surface area contributed by atoms with Crippen LogP contribution in [0.2, 0.25) is 0 Å². The van der Waals surface area contributed by atoms with Gasteiger partial charge in [0.15, 0.2) is 0 Å². The summed E-state index contributed by atoms with van der Waals surface area (Å²) in [7, 11) is 0. The van der Waals surface area contributed by atoms with Gasteiger partial charge in [0, 0.05) is 6.54 Å². The number of carboxylic acids is 1. The van der Waals surface area contributed by atoms with Gasteiger partial charge in [-0.15, -0.1) is 0 Å². The standard InChI is InChI=1S/C11H13N3O4/c12-10(17)7-3-1-2-4-8(7)14-11(18)13-6-5-9(15)16/h1-4H,5-6H2,(H2,12,17)(H,15,16)(H2,13,14,18). The van der Waals surface area contributed by atoms with Gasteiger partial charge < -0.3 is 21.5 Å². The van der Waals surface area contributed by atoms with Gasteiger partial charge in [0.2, 0.25) is 0 Å². The summed E-state index contributed by atoms with van der Waals surface area (Å²) in [5, 5.41) is 13.2. The number of carboxylic acid groups (broad SMARTS) is 1. The first-order chi connectivity index (χ1) is 8.50. The number of carbonyl (C=O) groups is 3. The average Bonchev–Trinajstić information content (AvgIpc) is 2.28. The van der Waals surface area contributed by atoms with Crippen molar-refractivity contribution >= 4 is 23.6 Å². The molecular weight excluding hydrogens is 238 g/mol. The van der Waals surface area contributed by atoms with Crippen LogP contribution in [0.3, 0.4) is 0 Å². The lowest BCUT2D eigenvalue weighted by Crippen LogP contribution is -2.31. The molecule has 0 bridgehead atoms. The Morgan fingerprint density at radius 1 is 1.22 bits per heavy atom. The molecule has 7 nitrogen and oxygen atoms in total. The van der Waals surface area contributed by atoms with Crippen molar-refractivity contribution in [1.29, 1.82) is 0 Å². The maximum Gasteiger partial charge on any atom is 0.319 e. The number of hydrogen-bond donors (Lipinski definition) is 4. The Kier molecular flexibility index (Phi) is 4.67. The van der Waals surface area contributed by atoms with E-state index in [4.69, 9.17) is 10.8 Å². The fraction of sp³-hybridized carbons (Fsp3) is 0.182. The highest BCUT2D eigenvalue weighted by molar-refractivity contribution is 6.02. The van der Waals surface area contributed by atoms with Gasteiger partial charge >= 0.3 is 12.0 Å². The van der Waals surface area contributed by atoms with Crippen molar-refractivity contribution < 1.29 is 19.5 Å². The number of aliphatic carboxylic acids is 1. The molecule has 96 valence electrons. The largest absolute Gasteiger partial charge is 0.481 e. The summed E-state index contributed by atoms with van der Waals surface area (Å²) in [5.74, 6) is -1.66. The first-order valence-electron chi connectivity index (χ1n) is 5.16. The quantitative estimate of drug-likeness (QED) is 0.604. The van der Waals surface area contributed by atoms with E-state index in [0.717, 1.165) is 0 Å². The summed E-state index contributed by atoms with van der Waals surface area (Å²) in [5.41, 5.74) is 5.60. The Labute approximate surface area is 103 Å². The van der Waals surface area contributed by atoms with Crippen molar-refractivity contribution in [3.05, 3.63) is 29.8 Å². The van der Waals surface area contributed by atoms with E-state index in [9.17, 15) is 14.4 Å². The number of anilines is 1. The van der Waals surface area contributed by atoms with Crippen LogP contribution in [-0.2, 0) is 4.79 Å². The number of benzene rings is 1. The van der Waals surface area contributed by atoms with Gasteiger partial charge in [0.1, 0.15) is 0 Å². The molecular formula is C11H13N3O4. The maximum absolute atomic E-state index is 11.4. The van der Waals surface area contributed by atoms with Crippen LogP contribution in [0.4, 0.5) is 10.5 Å². The Hall–Kier alpha value is -2.57. The second-order valence-electron chi connectivity index (χ2n) is 3.43. The monoisotopic (exact) mass is 251 g/mol. The molecule has 0 aliphatic rings. The maximum atomic E-state index is 11.4. The zero-order valence-corrected chi connectivity index (χ0v) is 9.47. The smallest absolute Gasteiger partial charge is 0.319 e. The minimum absolute atomic E-state index is 0.0000942. The van der Waals surface area contributed by atoms with Gasteiger partial charge in [-0.25, -0.2) is 4.79 Å². The lowest BCUT2D eigenvalue weighted by atomic mass is 10.1. The van der Waals surface area contributed by atoms with Gasteiger partial charge in [-0.05, 0) is 12.1 Å². The van der Waals surface area contributed by atoms with E-state index >= 15 is 0 Å². The third kappa shape index (κ3) is 4.12. The number of amides is 3. The van der Waals surface area contributed by atoms with Crippen molar-refractivity contribution in [2.45, 2.75) is 6.42 Å². The van der Waals surface area contributed by atoms with Gasteiger partial charge in [0.25, 0.3) is 5.91 Å². The van der Waals surface area contributed by atoms with Crippen molar-refractivity contribution in [3.8, 4) is 0 Å². The van der Waals surface area contributed by atoms with E-state index in [0.29, 0.717) is 0 Å². The normalized spacial score (nSPS) is 9.56. The van der Waals surface area contributed by atoms with Crippen molar-refractivity contribution in [3.63, 3.8) is 0 Å². The van der Waals surface area contributed by atoms with Crippen LogP contribution in [0, 0.1) is 0 Å². The van der Waals surface area contributed by atoms with Crippen LogP contribution in [0.25, 0.3) is 0 Å². The lowest BCUT2D eigenvalue weighted by Gasteiger charge is -2.09. The summed E-state index contributed by atoms with van der Waals surface area (Å²) < 4.78 is 0. The molecule has 0 fully saturated rings. The van der Waals surface area contributed by atoms with Gasteiger partial charge in [-0.1, -0.05) is 12.1 Å². The SMILES string of the molecule is NC(=O)c1ccccc1NC(=O)NCCC(=O)O. The molecule has 0 saturated carbocycles. The van der Waals surface area contributed by atoms with Gasteiger partial charge in [-0.3, -0.25) is 9.59 Å². The summed E-state index contributed by atoms with van der Waals surface area (Å²) in [6.45, 7) is -0.0000942. The molecule has 0 heterocycles. The zero-order valence-electron chi connectivity index (χ0n) is 9.47. The highest BCUT2D eigenvalue weighted by atomic mass is 16.4. The lowest BCUT2D eigenvalue weighted by molar-refractivity contribution is -0.136. The highest BCUT2D eigenvalue weighted by Gasteiger charge is 2.09. The molecule has 0 radical (unpaired) electrons. The predicted octanol–water partition coefficient (Wildman–Crippen LogP) is 0.382. The van der Waals surface area contributed by atoms with Crippen LogP contribution in [0.15, 0.2) is 24.3 Å². The first-order valence-corrected chi connectivity index (χ1v) is 5.16. The second kappa shape index (κ2) is 6.24. The fourth-order valence-corrected chi connectivity index (χ4v) is 1.26. The average molecular weight is 251 g/mol. The van der Waals surface area contributed by atoms with Crippen molar-refractivity contribution in [2.24, 2.45) is 5.73 Å². The van der Waals surface area contributed by atoms with Gasteiger partial charge in [-0.2, -0.15) is 0 Å². The van der Waals surface area contributed by atoms with Gasteiger partial charge in [0.05, 0.1) is 17.7 Å². The van der Waals surface area contributed by atoms with E-state index in [1.54, 1.807) is 12.1 Å². The molecule has 5 N–H and O–H groups in total. The molecule has 1 aromatic rings. The molecule has 0 unspecified atom stereocenters. The number of para-hydroxylation sites is 1. The number of primary amides is 1. The van der Waals surface area contributed by atoms with E-state index in [2.05, 4.69) is 10.6 Å². The van der Waals surface area contributed by atoms with E-state index < -0.39 is 17.9 Å². The van der Waals surface area contributed by atoms with Crippen LogP contribution < -0.4 is 16.4 Å². The minimum atomic E-state index is -1.01. The molecule has 0 aliphatic carbocycles. The number of urea groups is 1. The molecule has 3 amide bonds. The number of nitrogens with one attached hydrogen (secondary N) is 2. The molecule has 0 atom stereocenters. The van der Waals surface area contributed by atoms with E-state index in [1.165, 1.54) is 12.1 Å². The number of carbonyl (C=O) groups excluding carboxylic acids is 2. The summed E-state index contributed by atoms with van der Waals surface area (Å²) in [4.78, 5) is 32.7. The molecule has 0 spiro atoms. The van der Waals surface area contributed by atoms with Crippen LogP contribution in [-0.4, -0.2) is 29.6 Å². The third-order valence-corrected chi connectivity index (χ3v) is 2.07. The Balaban J connectivity index is 2.59. The fourth-order valence-electron chi connectivity index (χ4n) is 1.26. The Bertz CT molecular complexity index is 473. The summed E-state index contributed by atoms with van der Waals surface area (Å²) in [6.07, 6.45) is -0.176. The van der Waals surface area contributed by atoms with Crippen LogP contribution in [0.1, 0.15) is 16.8 Å². The molecule has 0 saturated heterocycles. The van der Waals surface area contributed by atoms with Crippen LogP contribution >= 0.6 is 0 Å². The van der Waals surface area contributed by atoms with E-state index in [-0.39, 0.29) is 24.2 Å². The molecule has 0 aliphatic heterocycles. The van der Waals surface area contributed by atoms with Crippen molar-refractivity contribution in [1.82, 2.24) is 5.32 Å². The molecule has 18 heavy (non-hydrogen) atoms. The second-order valence-corrected chi connectivity index (χ2v) is 3.43. The number of rotatable bonds is 5. The Morgan fingerprint density at radius 2 is 1.89 bits per heavy atom. The molecule has 7 heteroatoms. The molecule has 1 rings (SSSR count). The minimum Gasteiger partial charge on any atom is -0.481 e. The van der Waals surface area contributed by atoms with Crippen LogP contribution in [0.5, 0.6) is 0 Å². The zero-order chi connectivity index (χ0) is 13.5. The number of nitrogens with two attached hydrogens (primary N) is 1. The third-order valence-electron chi connectivity index (χ3n) is 2.07. The van der Waals surface area contributed by atoms with E-state index in [1.807, 2.05) is 0 Å². The Morgan fingerprint density at radius 3 is 2.50 bits per heavy atom. The summed E-state index contributed by atoms with van der Waals surface area (Å²) >= 11 is 0. The van der Waals surface area contributed by atoms with Crippen molar-refractivity contribution in [2.75, 3.05) is 11.9 Å². The summed E-state index contributed by atoms with van der Waals surface area (Å²) in [6, 6.07) is 5.67. The predicted molar refractivity (Wildman–Crippen MR) is 64.2 cm³/mol. The topological polar surface area (TPSA) is 122 Å². The number of hydrogen-bond acceptors (Lipinski definition) is 3.